The molecule has 5 heteroatoms. The average Bonchev–Trinajstić information content (AvgIpc) is 2.21. The quantitative estimate of drug-likeness (QED) is 0.597. The Kier molecular flexibility index (Phi) is 5.28. The lowest BCUT2D eigenvalue weighted by molar-refractivity contribution is -0.143. The van der Waals surface area contributed by atoms with Crippen LogP contribution < -0.4 is 11.1 Å². The van der Waals surface area contributed by atoms with Gasteiger partial charge in [-0.1, -0.05) is 13.8 Å². The molecule has 0 aromatic heterocycles. The van der Waals surface area contributed by atoms with Crippen molar-refractivity contribution in [3.05, 3.63) is 0 Å². The lowest BCUT2D eigenvalue weighted by atomic mass is 9.81. The molecule has 0 spiro atoms. The van der Waals surface area contributed by atoms with Crippen molar-refractivity contribution in [1.29, 1.82) is 0 Å². The molecule has 15 heavy (non-hydrogen) atoms. The summed E-state index contributed by atoms with van der Waals surface area (Å²) in [4.78, 5) is 22.4. The second-order valence-corrected chi connectivity index (χ2v) is 3.72. The minimum Gasteiger partial charge on any atom is -0.480 e. The molecule has 0 aromatic rings. The molecule has 0 heterocycles. The Morgan fingerprint density at radius 3 is 2.13 bits per heavy atom. The first-order chi connectivity index (χ1) is 6.93. The summed E-state index contributed by atoms with van der Waals surface area (Å²) in [5, 5.41) is 11.1. The number of carbonyl (C=O) groups excluding carboxylic acids is 1. The lowest BCUT2D eigenvalue weighted by Gasteiger charge is -2.29. The number of carbonyl (C=O) groups is 2. The highest BCUT2D eigenvalue weighted by Gasteiger charge is 2.34. The third-order valence-corrected chi connectivity index (χ3v) is 2.94. The Hall–Kier alpha value is -1.10. The van der Waals surface area contributed by atoms with Crippen LogP contribution in [-0.2, 0) is 9.59 Å². The van der Waals surface area contributed by atoms with Crippen LogP contribution in [0.5, 0.6) is 0 Å². The van der Waals surface area contributed by atoms with Crippen LogP contribution in [0.3, 0.4) is 0 Å². The molecule has 88 valence electrons. The van der Waals surface area contributed by atoms with Gasteiger partial charge in [-0.25, -0.2) is 0 Å². The minimum absolute atomic E-state index is 0.234. The second kappa shape index (κ2) is 5.70. The summed E-state index contributed by atoms with van der Waals surface area (Å²) in [5.41, 5.74) is 4.94. The summed E-state index contributed by atoms with van der Waals surface area (Å²) in [6.45, 7) is 5.42. The van der Waals surface area contributed by atoms with Crippen molar-refractivity contribution in [2.24, 2.45) is 11.1 Å². The van der Waals surface area contributed by atoms with Crippen molar-refractivity contribution in [3.63, 3.8) is 0 Å². The van der Waals surface area contributed by atoms with E-state index in [0.717, 1.165) is 0 Å². The molecule has 4 N–H and O–H groups in total. The SMILES string of the molecule is CCC(CC)(CN)C(=O)N[C@@H](C)C(=O)O. The van der Waals surface area contributed by atoms with Crippen LogP contribution in [0.25, 0.3) is 0 Å². The average molecular weight is 216 g/mol. The number of carboxylic acids is 1. The third-order valence-electron chi connectivity index (χ3n) is 2.94. The minimum atomic E-state index is -1.04. The van der Waals surface area contributed by atoms with E-state index in [2.05, 4.69) is 5.32 Å². The predicted octanol–water partition coefficient (Wildman–Crippen LogP) is 0.341. The Bertz CT molecular complexity index is 229. The monoisotopic (exact) mass is 216 g/mol. The predicted molar refractivity (Wildman–Crippen MR) is 57.3 cm³/mol. The standard InChI is InChI=1S/C10H20N2O3/c1-4-10(5-2,6-11)9(15)12-7(3)8(13)14/h7H,4-6,11H2,1-3H3,(H,12,15)(H,13,14)/t7-/m0/s1. The van der Waals surface area contributed by atoms with Crippen LogP contribution in [0, 0.1) is 5.41 Å². The summed E-state index contributed by atoms with van der Waals surface area (Å²) < 4.78 is 0. The van der Waals surface area contributed by atoms with Gasteiger partial charge in [0.15, 0.2) is 0 Å². The summed E-state index contributed by atoms with van der Waals surface area (Å²) in [6, 6.07) is -0.874. The van der Waals surface area contributed by atoms with E-state index >= 15 is 0 Å². The summed E-state index contributed by atoms with van der Waals surface area (Å²) >= 11 is 0. The van der Waals surface area contributed by atoms with E-state index < -0.39 is 17.4 Å². The van der Waals surface area contributed by atoms with Crippen molar-refractivity contribution in [2.45, 2.75) is 39.7 Å². The van der Waals surface area contributed by atoms with Gasteiger partial charge in [-0.2, -0.15) is 0 Å². The highest BCUT2D eigenvalue weighted by atomic mass is 16.4. The van der Waals surface area contributed by atoms with E-state index in [1.165, 1.54) is 6.92 Å². The normalized spacial score (nSPS) is 13.3. The molecule has 0 bridgehead atoms. The van der Waals surface area contributed by atoms with E-state index in [-0.39, 0.29) is 12.5 Å². The fourth-order valence-corrected chi connectivity index (χ4v) is 1.36. The molecule has 0 aliphatic heterocycles. The number of nitrogens with two attached hydrogens (primary N) is 1. The Balaban J connectivity index is 4.59. The van der Waals surface area contributed by atoms with E-state index in [1.54, 1.807) is 0 Å². The number of aliphatic carboxylic acids is 1. The highest BCUT2D eigenvalue weighted by Crippen LogP contribution is 2.25. The maximum absolute atomic E-state index is 11.8. The zero-order chi connectivity index (χ0) is 12.1. The van der Waals surface area contributed by atoms with Gasteiger partial charge in [0.05, 0.1) is 5.41 Å². The number of nitrogens with one attached hydrogen (secondary N) is 1. The molecule has 0 rings (SSSR count). The number of amides is 1. The van der Waals surface area contributed by atoms with E-state index in [0.29, 0.717) is 12.8 Å². The van der Waals surface area contributed by atoms with Gasteiger partial charge in [-0.05, 0) is 19.8 Å². The smallest absolute Gasteiger partial charge is 0.325 e. The van der Waals surface area contributed by atoms with Gasteiger partial charge < -0.3 is 16.2 Å². The van der Waals surface area contributed by atoms with Crippen molar-refractivity contribution in [2.75, 3.05) is 6.54 Å². The molecular formula is C10H20N2O3. The van der Waals surface area contributed by atoms with Gasteiger partial charge >= 0.3 is 5.97 Å². The first kappa shape index (κ1) is 13.9. The summed E-state index contributed by atoms with van der Waals surface area (Å²) in [6.07, 6.45) is 1.22. The number of hydrogen-bond acceptors (Lipinski definition) is 3. The van der Waals surface area contributed by atoms with Crippen LogP contribution in [0.15, 0.2) is 0 Å². The van der Waals surface area contributed by atoms with Crippen molar-refractivity contribution >= 4 is 11.9 Å². The molecule has 0 aliphatic carbocycles. The molecule has 0 saturated carbocycles. The Labute approximate surface area is 90.0 Å². The molecule has 0 fully saturated rings. The highest BCUT2D eigenvalue weighted by molar-refractivity contribution is 5.87. The van der Waals surface area contributed by atoms with Crippen molar-refractivity contribution in [1.82, 2.24) is 5.32 Å². The zero-order valence-electron chi connectivity index (χ0n) is 9.54. The van der Waals surface area contributed by atoms with Gasteiger partial charge in [-0.3, -0.25) is 9.59 Å². The van der Waals surface area contributed by atoms with E-state index in [9.17, 15) is 9.59 Å². The zero-order valence-corrected chi connectivity index (χ0v) is 9.54. The number of rotatable bonds is 6. The fraction of sp³-hybridized carbons (Fsp3) is 0.800. The van der Waals surface area contributed by atoms with Crippen LogP contribution in [0.2, 0.25) is 0 Å². The van der Waals surface area contributed by atoms with Crippen molar-refractivity contribution < 1.29 is 14.7 Å². The molecule has 0 radical (unpaired) electrons. The van der Waals surface area contributed by atoms with Gasteiger partial charge in [0.1, 0.15) is 6.04 Å². The van der Waals surface area contributed by atoms with Crippen LogP contribution >= 0.6 is 0 Å². The van der Waals surface area contributed by atoms with Gasteiger partial charge in [0.2, 0.25) is 5.91 Å². The maximum Gasteiger partial charge on any atom is 0.325 e. The molecule has 0 unspecified atom stereocenters. The van der Waals surface area contributed by atoms with Gasteiger partial charge in [0.25, 0.3) is 0 Å². The lowest BCUT2D eigenvalue weighted by Crippen LogP contribution is -2.50. The number of hydrogen-bond donors (Lipinski definition) is 3. The van der Waals surface area contributed by atoms with Gasteiger partial charge in [-0.15, -0.1) is 0 Å². The van der Waals surface area contributed by atoms with Crippen LogP contribution in [0.1, 0.15) is 33.6 Å². The van der Waals surface area contributed by atoms with E-state index in [4.69, 9.17) is 10.8 Å². The first-order valence-corrected chi connectivity index (χ1v) is 5.17. The fourth-order valence-electron chi connectivity index (χ4n) is 1.36. The second-order valence-electron chi connectivity index (χ2n) is 3.72. The van der Waals surface area contributed by atoms with Crippen LogP contribution in [-0.4, -0.2) is 29.6 Å². The molecule has 5 nitrogen and oxygen atoms in total. The molecule has 0 aromatic carbocycles. The molecule has 0 saturated heterocycles. The molecule has 1 atom stereocenters. The maximum atomic E-state index is 11.8. The first-order valence-electron chi connectivity index (χ1n) is 5.17. The largest absolute Gasteiger partial charge is 0.480 e. The Morgan fingerprint density at radius 2 is 1.87 bits per heavy atom. The Morgan fingerprint density at radius 1 is 1.40 bits per heavy atom. The van der Waals surface area contributed by atoms with Crippen molar-refractivity contribution in [3.8, 4) is 0 Å². The van der Waals surface area contributed by atoms with Gasteiger partial charge in [0, 0.05) is 6.54 Å². The molecule has 0 aliphatic rings. The molecular weight excluding hydrogens is 196 g/mol. The summed E-state index contributed by atoms with van der Waals surface area (Å²) in [5.74, 6) is -1.31. The number of carboxylic acid groups (broad SMARTS) is 1. The van der Waals surface area contributed by atoms with E-state index in [1.807, 2.05) is 13.8 Å². The topological polar surface area (TPSA) is 92.4 Å². The summed E-state index contributed by atoms with van der Waals surface area (Å²) in [7, 11) is 0. The molecule has 1 amide bonds. The van der Waals surface area contributed by atoms with Crippen LogP contribution in [0.4, 0.5) is 0 Å². The third kappa shape index (κ3) is 3.20.